The summed E-state index contributed by atoms with van der Waals surface area (Å²) in [5.41, 5.74) is 2.13. The highest BCUT2D eigenvalue weighted by Crippen LogP contribution is 2.31. The van der Waals surface area contributed by atoms with Gasteiger partial charge in [0.1, 0.15) is 17.8 Å². The highest BCUT2D eigenvalue weighted by atomic mass is 16.6. The number of aryl methyl sites for hydroxylation is 2. The second-order valence-corrected chi connectivity index (χ2v) is 15.2. The van der Waals surface area contributed by atoms with Gasteiger partial charge < -0.3 is 24.8 Å². The van der Waals surface area contributed by atoms with E-state index >= 15 is 0 Å². The number of methoxy groups -OCH3 is 1. The van der Waals surface area contributed by atoms with Gasteiger partial charge in [-0.1, -0.05) is 109 Å². The third kappa shape index (κ3) is 14.0. The van der Waals surface area contributed by atoms with Crippen molar-refractivity contribution in [2.45, 2.75) is 143 Å². The van der Waals surface area contributed by atoms with Crippen LogP contribution < -0.4 is 15.4 Å². The maximum Gasteiger partial charge on any atom is 0.434 e. The number of hydrogen-bond donors (Lipinski definition) is 2. The lowest BCUT2D eigenvalue weighted by Crippen LogP contribution is -2.31. The Morgan fingerprint density at radius 2 is 1.40 bits per heavy atom. The molecular formula is C44H65N7O6. The van der Waals surface area contributed by atoms with E-state index < -0.39 is 17.9 Å². The number of fused-ring (bicyclic) bond motifs is 1. The largest absolute Gasteiger partial charge is 0.480 e. The fourth-order valence-corrected chi connectivity index (χ4v) is 6.89. The molecule has 0 radical (unpaired) electrons. The minimum absolute atomic E-state index is 0.0712. The number of nitrogens with zero attached hydrogens (tertiary/aromatic N) is 5. The number of benzene rings is 1. The molecule has 0 spiro atoms. The molecule has 13 nitrogen and oxygen atoms in total. The van der Waals surface area contributed by atoms with Gasteiger partial charge >= 0.3 is 6.09 Å². The Hall–Kier alpha value is -4.78. The summed E-state index contributed by atoms with van der Waals surface area (Å²) in [6, 6.07) is 6.71. The molecule has 0 atom stereocenters. The smallest absolute Gasteiger partial charge is 0.434 e. The zero-order valence-corrected chi connectivity index (χ0v) is 35.2. The van der Waals surface area contributed by atoms with Crippen molar-refractivity contribution >= 4 is 34.5 Å². The van der Waals surface area contributed by atoms with Gasteiger partial charge in [0.05, 0.1) is 25.0 Å². The highest BCUT2D eigenvalue weighted by Gasteiger charge is 2.26. The number of carbonyl (C=O) groups excluding carboxylic acids is 3. The van der Waals surface area contributed by atoms with Gasteiger partial charge in [0, 0.05) is 36.5 Å². The highest BCUT2D eigenvalue weighted by molar-refractivity contribution is 6.15. The molecule has 3 heterocycles. The third-order valence-electron chi connectivity index (χ3n) is 9.97. The van der Waals surface area contributed by atoms with Gasteiger partial charge in [-0.3, -0.25) is 9.59 Å². The number of anilines is 1. The first kappa shape index (κ1) is 44.9. The number of nitrogens with one attached hydrogen (secondary N) is 2. The Morgan fingerprint density at radius 3 is 2.00 bits per heavy atom. The molecule has 0 saturated heterocycles. The van der Waals surface area contributed by atoms with E-state index in [0.717, 1.165) is 23.1 Å². The van der Waals surface area contributed by atoms with E-state index in [-0.39, 0.29) is 47.6 Å². The molecule has 2 amide bonds. The van der Waals surface area contributed by atoms with Crippen LogP contribution in [0.5, 0.6) is 5.88 Å². The first-order chi connectivity index (χ1) is 27.6. The summed E-state index contributed by atoms with van der Waals surface area (Å²) in [6.07, 6.45) is 23.5. The van der Waals surface area contributed by atoms with Crippen molar-refractivity contribution in [1.29, 1.82) is 0 Å². The summed E-state index contributed by atoms with van der Waals surface area (Å²) < 4.78 is 19.0. The Bertz CT molecular complexity index is 1870. The predicted octanol–water partition coefficient (Wildman–Crippen LogP) is 9.90. The van der Waals surface area contributed by atoms with Crippen molar-refractivity contribution in [2.24, 2.45) is 0 Å². The van der Waals surface area contributed by atoms with Crippen LogP contribution in [0, 0.1) is 13.8 Å². The minimum Gasteiger partial charge on any atom is -0.480 e. The molecule has 57 heavy (non-hydrogen) atoms. The van der Waals surface area contributed by atoms with E-state index in [1.807, 2.05) is 26.8 Å². The van der Waals surface area contributed by atoms with Crippen LogP contribution in [0.4, 0.5) is 10.5 Å². The van der Waals surface area contributed by atoms with Crippen LogP contribution in [0.15, 0.2) is 36.7 Å². The number of aromatic nitrogens is 5. The average Bonchev–Trinajstić information content (AvgIpc) is 3.82. The van der Waals surface area contributed by atoms with Crippen LogP contribution in [0.1, 0.15) is 155 Å². The van der Waals surface area contributed by atoms with Gasteiger partial charge in [-0.25, -0.2) is 14.5 Å². The van der Waals surface area contributed by atoms with E-state index in [2.05, 4.69) is 32.7 Å². The molecule has 0 unspecified atom stereocenters. The van der Waals surface area contributed by atoms with Gasteiger partial charge in [-0.05, 0) is 57.4 Å². The second-order valence-electron chi connectivity index (χ2n) is 15.2. The molecule has 4 aromatic rings. The van der Waals surface area contributed by atoms with Crippen molar-refractivity contribution in [3.63, 3.8) is 0 Å². The normalized spacial score (nSPS) is 11.4. The lowest BCUT2D eigenvalue weighted by Gasteiger charge is -2.16. The quantitative estimate of drug-likeness (QED) is 0.0593. The maximum absolute atomic E-state index is 13.9. The summed E-state index contributed by atoms with van der Waals surface area (Å²) in [6.45, 7) is 10.6. The van der Waals surface area contributed by atoms with Crippen molar-refractivity contribution in [1.82, 2.24) is 29.9 Å². The summed E-state index contributed by atoms with van der Waals surface area (Å²) in [4.78, 5) is 45.1. The zero-order valence-electron chi connectivity index (χ0n) is 35.2. The molecule has 3 aromatic heterocycles. The number of ether oxygens (including phenoxy) is 3. The van der Waals surface area contributed by atoms with E-state index in [1.165, 1.54) is 114 Å². The van der Waals surface area contributed by atoms with Crippen LogP contribution in [-0.4, -0.2) is 75.4 Å². The second kappa shape index (κ2) is 24.1. The van der Waals surface area contributed by atoms with Crippen LogP contribution in [0.25, 0.3) is 16.7 Å². The van der Waals surface area contributed by atoms with Crippen molar-refractivity contribution in [3.8, 4) is 11.7 Å². The SMILES string of the molecule is CCCCCCCCCCCCCCCCCCOCCOC(=O)n1cc2cc(C)c(NC(=O)c3cc(OC)nn3-c3ncccc3C)c(C(=O)NC(C)C)c2n1. The molecule has 4 rings (SSSR count). The molecule has 13 heteroatoms. The Morgan fingerprint density at radius 1 is 0.772 bits per heavy atom. The van der Waals surface area contributed by atoms with Gasteiger partial charge in [-0.15, -0.1) is 5.10 Å². The summed E-state index contributed by atoms with van der Waals surface area (Å²) >= 11 is 0. The van der Waals surface area contributed by atoms with Gasteiger partial charge in [0.15, 0.2) is 5.82 Å². The average molecular weight is 788 g/mol. The van der Waals surface area contributed by atoms with Crippen LogP contribution >= 0.6 is 0 Å². The molecule has 0 fully saturated rings. The Labute approximate surface area is 338 Å². The van der Waals surface area contributed by atoms with Crippen molar-refractivity contribution in [3.05, 3.63) is 59.0 Å². The number of unbranched alkanes of at least 4 members (excludes halogenated alkanes) is 15. The van der Waals surface area contributed by atoms with E-state index in [0.29, 0.717) is 23.4 Å². The van der Waals surface area contributed by atoms with E-state index in [9.17, 15) is 14.4 Å². The Kier molecular flexibility index (Phi) is 19.0. The third-order valence-corrected chi connectivity index (χ3v) is 9.97. The summed E-state index contributed by atoms with van der Waals surface area (Å²) in [5.74, 6) is -0.325. The summed E-state index contributed by atoms with van der Waals surface area (Å²) in [5, 5.41) is 15.2. The topological polar surface area (TPSA) is 151 Å². The van der Waals surface area contributed by atoms with Gasteiger partial charge in [0.25, 0.3) is 11.8 Å². The fourth-order valence-electron chi connectivity index (χ4n) is 6.89. The van der Waals surface area contributed by atoms with Gasteiger partial charge in [0.2, 0.25) is 5.88 Å². The lowest BCUT2D eigenvalue weighted by molar-refractivity contribution is 0.0703. The molecular weight excluding hydrogens is 723 g/mol. The molecule has 0 aliphatic rings. The molecule has 312 valence electrons. The number of pyridine rings is 1. The first-order valence-corrected chi connectivity index (χ1v) is 21.1. The first-order valence-electron chi connectivity index (χ1n) is 21.1. The van der Waals surface area contributed by atoms with Gasteiger partial charge in [-0.2, -0.15) is 9.78 Å². The maximum atomic E-state index is 13.9. The minimum atomic E-state index is -0.697. The molecule has 2 N–H and O–H groups in total. The lowest BCUT2D eigenvalue weighted by atomic mass is 10.0. The van der Waals surface area contributed by atoms with Crippen molar-refractivity contribution in [2.75, 3.05) is 32.2 Å². The molecule has 0 saturated carbocycles. The monoisotopic (exact) mass is 787 g/mol. The van der Waals surface area contributed by atoms with Crippen molar-refractivity contribution < 1.29 is 28.6 Å². The van der Waals surface area contributed by atoms with Crippen LogP contribution in [0.2, 0.25) is 0 Å². The fraction of sp³-hybridized carbons (Fsp3) is 0.591. The standard InChI is InChI=1S/C44H65N7O6/c1-7-8-9-10-11-12-13-14-15-16-17-18-19-20-21-22-26-56-27-28-57-44(54)50-31-35-29-34(5)39(38(40(35)49-50)43(53)46-32(2)3)47-42(52)36-30-37(55-6)48-51(36)41-33(4)24-23-25-45-41/h23-25,29-32H,7-22,26-28H2,1-6H3,(H,46,53)(H,47,52). The number of rotatable bonds is 26. The molecule has 1 aromatic carbocycles. The summed E-state index contributed by atoms with van der Waals surface area (Å²) in [7, 11) is 1.46. The molecule has 0 aliphatic heterocycles. The number of amides is 2. The van der Waals surface area contributed by atoms with Crippen LogP contribution in [-0.2, 0) is 9.47 Å². The molecule has 0 bridgehead atoms. The number of hydrogen-bond acceptors (Lipinski definition) is 9. The molecule has 0 aliphatic carbocycles. The van der Waals surface area contributed by atoms with E-state index in [1.54, 1.807) is 25.3 Å². The van der Waals surface area contributed by atoms with E-state index in [4.69, 9.17) is 14.2 Å². The zero-order chi connectivity index (χ0) is 41.0. The van der Waals surface area contributed by atoms with Crippen LogP contribution in [0.3, 0.4) is 0 Å². The number of carbonyl (C=O) groups is 3. The Balaban J connectivity index is 1.25. The predicted molar refractivity (Wildman–Crippen MR) is 225 cm³/mol.